The molecule has 0 amide bonds. The highest BCUT2D eigenvalue weighted by atomic mass is 19.1. The summed E-state index contributed by atoms with van der Waals surface area (Å²) in [6.45, 7) is 0. The second-order valence-electron chi connectivity index (χ2n) is 4.45. The van der Waals surface area contributed by atoms with Crippen molar-refractivity contribution in [3.05, 3.63) is 47.8 Å². The monoisotopic (exact) mass is 290 g/mol. The van der Waals surface area contributed by atoms with Gasteiger partial charge in [0, 0.05) is 11.1 Å². The topological polar surface area (TPSA) is 55.8 Å². The van der Waals surface area contributed by atoms with Crippen LogP contribution in [0.5, 0.6) is 11.5 Å². The summed E-state index contributed by atoms with van der Waals surface area (Å²) in [7, 11) is 2.98. The molecule has 2 aromatic rings. The average Bonchev–Trinajstić information content (AvgIpc) is 2.47. The molecule has 0 saturated carbocycles. The number of hydrogen-bond donors (Lipinski definition) is 1. The first kappa shape index (κ1) is 14.8. The minimum atomic E-state index is -0.947. The predicted octanol–water partition coefficient (Wildman–Crippen LogP) is 3.14. The normalized spacial score (nSPS) is 10.2. The fraction of sp³-hybridized carbons (Fsp3) is 0.188. The summed E-state index contributed by atoms with van der Waals surface area (Å²) in [5.74, 6) is -0.396. The van der Waals surface area contributed by atoms with Gasteiger partial charge in [-0.3, -0.25) is 4.79 Å². The minimum Gasteiger partial charge on any atom is -0.497 e. The van der Waals surface area contributed by atoms with Crippen molar-refractivity contribution >= 4 is 5.97 Å². The van der Waals surface area contributed by atoms with E-state index < -0.39 is 11.8 Å². The summed E-state index contributed by atoms with van der Waals surface area (Å²) in [5.41, 5.74) is 1.37. The fourth-order valence-electron chi connectivity index (χ4n) is 2.09. The molecule has 0 aliphatic carbocycles. The van der Waals surface area contributed by atoms with Crippen LogP contribution in [0, 0.1) is 5.82 Å². The molecule has 0 aromatic heterocycles. The Kier molecular flexibility index (Phi) is 4.42. The maximum absolute atomic E-state index is 14.1. The van der Waals surface area contributed by atoms with Crippen LogP contribution in [0.3, 0.4) is 0 Å². The van der Waals surface area contributed by atoms with Gasteiger partial charge in [0.1, 0.15) is 17.3 Å². The van der Waals surface area contributed by atoms with E-state index >= 15 is 0 Å². The van der Waals surface area contributed by atoms with Crippen molar-refractivity contribution in [1.29, 1.82) is 0 Å². The summed E-state index contributed by atoms with van der Waals surface area (Å²) < 4.78 is 24.4. The maximum atomic E-state index is 14.1. The average molecular weight is 290 g/mol. The second-order valence-corrected chi connectivity index (χ2v) is 4.45. The molecule has 21 heavy (non-hydrogen) atoms. The first-order valence-corrected chi connectivity index (χ1v) is 6.27. The van der Waals surface area contributed by atoms with Crippen LogP contribution >= 0.6 is 0 Å². The molecule has 0 bridgehead atoms. The van der Waals surface area contributed by atoms with E-state index in [1.165, 1.54) is 26.4 Å². The van der Waals surface area contributed by atoms with Crippen molar-refractivity contribution in [3.63, 3.8) is 0 Å². The molecule has 0 spiro atoms. The van der Waals surface area contributed by atoms with Gasteiger partial charge < -0.3 is 14.6 Å². The standard InChI is InChI=1S/C16H15FO4/c1-20-11-4-5-14(17)12(9-11)13-7-10(8-16(18)19)3-6-15(13)21-2/h3-7,9H,8H2,1-2H3,(H,18,19). The lowest BCUT2D eigenvalue weighted by Gasteiger charge is -2.12. The predicted molar refractivity (Wildman–Crippen MR) is 76.3 cm³/mol. The van der Waals surface area contributed by atoms with Crippen molar-refractivity contribution in [1.82, 2.24) is 0 Å². The van der Waals surface area contributed by atoms with Gasteiger partial charge in [-0.1, -0.05) is 6.07 Å². The Balaban J connectivity index is 2.57. The first-order chi connectivity index (χ1) is 10.0. The Hall–Kier alpha value is -2.56. The molecule has 1 N–H and O–H groups in total. The highest BCUT2D eigenvalue weighted by Crippen LogP contribution is 2.34. The zero-order valence-corrected chi connectivity index (χ0v) is 11.7. The molecule has 5 heteroatoms. The Morgan fingerprint density at radius 3 is 2.48 bits per heavy atom. The summed E-state index contributed by atoms with van der Waals surface area (Å²) in [5, 5.41) is 8.87. The van der Waals surface area contributed by atoms with E-state index in [4.69, 9.17) is 14.6 Å². The van der Waals surface area contributed by atoms with E-state index in [0.29, 0.717) is 28.2 Å². The zero-order valence-electron chi connectivity index (χ0n) is 11.7. The van der Waals surface area contributed by atoms with Crippen molar-refractivity contribution < 1.29 is 23.8 Å². The molecular weight excluding hydrogens is 275 g/mol. The van der Waals surface area contributed by atoms with Crippen LogP contribution in [0.4, 0.5) is 4.39 Å². The van der Waals surface area contributed by atoms with Gasteiger partial charge in [-0.05, 0) is 35.9 Å². The quantitative estimate of drug-likeness (QED) is 0.919. The van der Waals surface area contributed by atoms with Gasteiger partial charge in [0.15, 0.2) is 0 Å². The third-order valence-electron chi connectivity index (χ3n) is 3.08. The third kappa shape index (κ3) is 3.31. The molecule has 0 fully saturated rings. The highest BCUT2D eigenvalue weighted by molar-refractivity contribution is 5.76. The van der Waals surface area contributed by atoms with Gasteiger partial charge in [0.25, 0.3) is 0 Å². The maximum Gasteiger partial charge on any atom is 0.307 e. The lowest BCUT2D eigenvalue weighted by molar-refractivity contribution is -0.136. The summed E-state index contributed by atoms with van der Waals surface area (Å²) in [6, 6.07) is 9.27. The summed E-state index contributed by atoms with van der Waals surface area (Å²) in [6.07, 6.45) is -0.136. The van der Waals surface area contributed by atoms with Crippen LogP contribution in [0.15, 0.2) is 36.4 Å². The molecule has 2 rings (SSSR count). The van der Waals surface area contributed by atoms with Gasteiger partial charge >= 0.3 is 5.97 Å². The molecule has 0 radical (unpaired) electrons. The number of halogens is 1. The van der Waals surface area contributed by atoms with Crippen LogP contribution in [-0.4, -0.2) is 25.3 Å². The van der Waals surface area contributed by atoms with Gasteiger partial charge in [-0.15, -0.1) is 0 Å². The zero-order chi connectivity index (χ0) is 15.4. The molecule has 0 unspecified atom stereocenters. The summed E-state index contributed by atoms with van der Waals surface area (Å²) >= 11 is 0. The van der Waals surface area contributed by atoms with Gasteiger partial charge in [0.05, 0.1) is 20.6 Å². The molecule has 0 atom stereocenters. The molecule has 0 aliphatic heterocycles. The minimum absolute atomic E-state index is 0.136. The number of hydrogen-bond acceptors (Lipinski definition) is 3. The first-order valence-electron chi connectivity index (χ1n) is 6.27. The number of carboxylic acids is 1. The largest absolute Gasteiger partial charge is 0.497 e. The van der Waals surface area contributed by atoms with Crippen LogP contribution in [0.2, 0.25) is 0 Å². The molecule has 0 saturated heterocycles. The number of carboxylic acid groups (broad SMARTS) is 1. The summed E-state index contributed by atoms with van der Waals surface area (Å²) in [4.78, 5) is 10.8. The Morgan fingerprint density at radius 1 is 1.10 bits per heavy atom. The Bertz CT molecular complexity index is 667. The Labute approximate surface area is 121 Å². The van der Waals surface area contributed by atoms with Crippen LogP contribution in [0.25, 0.3) is 11.1 Å². The van der Waals surface area contributed by atoms with Crippen LogP contribution in [-0.2, 0) is 11.2 Å². The Morgan fingerprint density at radius 2 is 1.86 bits per heavy atom. The van der Waals surface area contributed by atoms with Crippen LogP contribution < -0.4 is 9.47 Å². The van der Waals surface area contributed by atoms with E-state index in [1.54, 1.807) is 24.3 Å². The lowest BCUT2D eigenvalue weighted by Crippen LogP contribution is -2.01. The number of ether oxygens (including phenoxy) is 2. The molecule has 4 nitrogen and oxygen atoms in total. The van der Waals surface area contributed by atoms with E-state index in [9.17, 15) is 9.18 Å². The van der Waals surface area contributed by atoms with Gasteiger partial charge in [0.2, 0.25) is 0 Å². The molecule has 0 heterocycles. The fourth-order valence-corrected chi connectivity index (χ4v) is 2.09. The third-order valence-corrected chi connectivity index (χ3v) is 3.08. The SMILES string of the molecule is COc1ccc(F)c(-c2cc(CC(=O)O)ccc2OC)c1. The van der Waals surface area contributed by atoms with E-state index in [1.807, 2.05) is 0 Å². The highest BCUT2D eigenvalue weighted by Gasteiger charge is 2.14. The lowest BCUT2D eigenvalue weighted by atomic mass is 10.00. The second kappa shape index (κ2) is 6.26. The van der Waals surface area contributed by atoms with Crippen molar-refractivity contribution in [2.24, 2.45) is 0 Å². The number of carbonyl (C=O) groups is 1. The van der Waals surface area contributed by atoms with Gasteiger partial charge in [-0.25, -0.2) is 4.39 Å². The molecule has 0 aliphatic rings. The molecule has 2 aromatic carbocycles. The van der Waals surface area contributed by atoms with E-state index in [0.717, 1.165) is 0 Å². The van der Waals surface area contributed by atoms with E-state index in [-0.39, 0.29) is 6.42 Å². The van der Waals surface area contributed by atoms with Crippen molar-refractivity contribution in [2.45, 2.75) is 6.42 Å². The molecular formula is C16H15FO4. The number of methoxy groups -OCH3 is 2. The molecule has 110 valence electrons. The smallest absolute Gasteiger partial charge is 0.307 e. The number of aliphatic carboxylic acids is 1. The van der Waals surface area contributed by atoms with Gasteiger partial charge in [-0.2, -0.15) is 0 Å². The number of rotatable bonds is 5. The van der Waals surface area contributed by atoms with Crippen molar-refractivity contribution in [2.75, 3.05) is 14.2 Å². The van der Waals surface area contributed by atoms with E-state index in [2.05, 4.69) is 0 Å². The van der Waals surface area contributed by atoms with Crippen LogP contribution in [0.1, 0.15) is 5.56 Å². The number of benzene rings is 2. The van der Waals surface area contributed by atoms with Crippen molar-refractivity contribution in [3.8, 4) is 22.6 Å².